The average Bonchev–Trinajstić information content (AvgIpc) is 2.94. The van der Waals surface area contributed by atoms with Gasteiger partial charge in [0.2, 0.25) is 5.28 Å². The Kier molecular flexibility index (Phi) is 6.79. The Balaban J connectivity index is 2.31. The Morgan fingerprint density at radius 3 is 2.77 bits per heavy atom. The molecule has 0 bridgehead atoms. The fraction of sp³-hybridized carbons (Fsp3) is 0.529. The second-order valence-corrected chi connectivity index (χ2v) is 6.64. The number of nitrogens with one attached hydrogen (secondary N) is 1. The van der Waals surface area contributed by atoms with Crippen LogP contribution in [0.5, 0.6) is 0 Å². The van der Waals surface area contributed by atoms with Crippen molar-refractivity contribution in [1.29, 1.82) is 0 Å². The second-order valence-electron chi connectivity index (χ2n) is 6.30. The van der Waals surface area contributed by atoms with Gasteiger partial charge < -0.3 is 19.7 Å². The Hall–Kier alpha value is -2.35. The van der Waals surface area contributed by atoms with Gasteiger partial charge in [0, 0.05) is 18.1 Å². The molecule has 0 fully saturated rings. The minimum atomic E-state index is -1.09. The van der Waals surface area contributed by atoms with E-state index in [0.29, 0.717) is 17.6 Å². The number of amides is 1. The number of halogens is 1. The highest BCUT2D eigenvalue weighted by Gasteiger charge is 2.26. The van der Waals surface area contributed by atoms with Crippen molar-refractivity contribution >= 4 is 34.7 Å². The zero-order chi connectivity index (χ0) is 19.3. The monoisotopic (exact) mass is 382 g/mol. The van der Waals surface area contributed by atoms with E-state index in [-0.39, 0.29) is 29.5 Å². The molecule has 142 valence electrons. The third-order valence-electron chi connectivity index (χ3n) is 4.05. The van der Waals surface area contributed by atoms with E-state index >= 15 is 0 Å². The van der Waals surface area contributed by atoms with E-state index in [1.165, 1.54) is 12.3 Å². The highest BCUT2D eigenvalue weighted by molar-refractivity contribution is 6.28. The number of nitrogens with zero attached hydrogens (tertiary/aromatic N) is 3. The number of aromatic nitrogens is 3. The van der Waals surface area contributed by atoms with Crippen LogP contribution < -0.4 is 5.32 Å². The van der Waals surface area contributed by atoms with Crippen LogP contribution in [0.15, 0.2) is 12.3 Å². The summed E-state index contributed by atoms with van der Waals surface area (Å²) < 4.78 is 6.68. The summed E-state index contributed by atoms with van der Waals surface area (Å²) in [4.78, 5) is 31.6. The molecule has 2 aromatic rings. The van der Waals surface area contributed by atoms with Gasteiger partial charge in [0.25, 0.3) is 0 Å². The Labute approximate surface area is 156 Å². The lowest BCUT2D eigenvalue weighted by Gasteiger charge is -2.25. The number of carboxylic acids is 1. The molecule has 2 rings (SSSR count). The molecule has 1 atom stereocenters. The van der Waals surface area contributed by atoms with E-state index < -0.39 is 12.1 Å². The molecular weight excluding hydrogens is 360 g/mol. The fourth-order valence-corrected chi connectivity index (χ4v) is 2.79. The third kappa shape index (κ3) is 4.63. The van der Waals surface area contributed by atoms with Crippen molar-refractivity contribution in [3.63, 3.8) is 0 Å². The topological polar surface area (TPSA) is 106 Å². The molecule has 0 saturated carbocycles. The Morgan fingerprint density at radius 1 is 1.42 bits per heavy atom. The molecule has 1 unspecified atom stereocenters. The van der Waals surface area contributed by atoms with Crippen molar-refractivity contribution in [1.82, 2.24) is 19.9 Å². The number of carbonyl (C=O) groups excluding carboxylic acids is 1. The summed E-state index contributed by atoms with van der Waals surface area (Å²) in [5.74, 6) is -1.07. The number of fused-ring (bicyclic) bond motifs is 1. The van der Waals surface area contributed by atoms with E-state index in [1.807, 2.05) is 20.8 Å². The molecular formula is C17H23ClN4O4. The predicted octanol–water partition coefficient (Wildman–Crippen LogP) is 3.51. The number of alkyl carbamates (subject to hydrolysis) is 1. The number of hydrogen-bond donors (Lipinski definition) is 2. The van der Waals surface area contributed by atoms with Gasteiger partial charge >= 0.3 is 12.1 Å². The average molecular weight is 383 g/mol. The predicted molar refractivity (Wildman–Crippen MR) is 97.6 cm³/mol. The molecule has 0 spiro atoms. The normalized spacial score (nSPS) is 12.3. The zero-order valence-electron chi connectivity index (χ0n) is 15.0. The van der Waals surface area contributed by atoms with E-state index in [2.05, 4.69) is 15.3 Å². The van der Waals surface area contributed by atoms with Gasteiger partial charge in [-0.2, -0.15) is 4.98 Å². The Bertz CT molecular complexity index is 790. The van der Waals surface area contributed by atoms with Gasteiger partial charge in [-0.1, -0.05) is 27.2 Å². The first kappa shape index (κ1) is 20.0. The fourth-order valence-electron chi connectivity index (χ4n) is 2.66. The lowest BCUT2D eigenvalue weighted by atomic mass is 10.0. The molecule has 8 nitrogen and oxygen atoms in total. The van der Waals surface area contributed by atoms with Gasteiger partial charge in [0.15, 0.2) is 0 Å². The first-order valence-electron chi connectivity index (χ1n) is 8.52. The molecule has 2 heterocycles. The van der Waals surface area contributed by atoms with Crippen LogP contribution in [0.25, 0.3) is 11.0 Å². The molecule has 1 amide bonds. The zero-order valence-corrected chi connectivity index (χ0v) is 15.8. The molecule has 0 radical (unpaired) electrons. The largest absolute Gasteiger partial charge is 0.477 e. The smallest absolute Gasteiger partial charge is 0.407 e. The second kappa shape index (κ2) is 8.84. The summed E-state index contributed by atoms with van der Waals surface area (Å²) >= 11 is 5.89. The minimum absolute atomic E-state index is 0.0217. The number of carboxylic acid groups (broad SMARTS) is 1. The van der Waals surface area contributed by atoms with Crippen LogP contribution >= 0.6 is 11.6 Å². The van der Waals surface area contributed by atoms with Gasteiger partial charge in [-0.05, 0) is 30.0 Å². The van der Waals surface area contributed by atoms with Crippen LogP contribution in [0.2, 0.25) is 5.28 Å². The van der Waals surface area contributed by atoms with Gasteiger partial charge in [-0.3, -0.25) is 0 Å². The summed E-state index contributed by atoms with van der Waals surface area (Å²) in [6.07, 6.45) is 2.68. The number of unbranched alkanes of at least 4 members (excludes halogenated alkanes) is 1. The highest BCUT2D eigenvalue weighted by atomic mass is 35.5. The lowest BCUT2D eigenvalue weighted by molar-refractivity contribution is 0.0681. The SMILES string of the molecule is CCCCOC(=O)NCC(C(C)C)n1c(C(=O)O)cc2cnc(Cl)nc21. The quantitative estimate of drug-likeness (QED) is 0.534. The highest BCUT2D eigenvalue weighted by Crippen LogP contribution is 2.27. The van der Waals surface area contributed by atoms with Crippen LogP contribution in [0.4, 0.5) is 4.79 Å². The first-order valence-corrected chi connectivity index (χ1v) is 8.90. The number of ether oxygens (including phenoxy) is 1. The molecule has 2 N–H and O–H groups in total. The molecule has 2 aromatic heterocycles. The van der Waals surface area contributed by atoms with Crippen LogP contribution in [-0.2, 0) is 4.74 Å². The standard InChI is InChI=1S/C17H23ClN4O4/c1-4-5-6-26-17(25)20-9-13(10(2)3)22-12(15(23)24)7-11-8-19-16(18)21-14(11)22/h7-8,10,13H,4-6,9H2,1-3H3,(H,20,25)(H,23,24). The maximum Gasteiger partial charge on any atom is 0.407 e. The van der Waals surface area contributed by atoms with Gasteiger partial charge in [-0.25, -0.2) is 14.6 Å². The third-order valence-corrected chi connectivity index (χ3v) is 4.24. The molecule has 0 aromatic carbocycles. The number of rotatable bonds is 8. The summed E-state index contributed by atoms with van der Waals surface area (Å²) in [6.45, 7) is 6.44. The van der Waals surface area contributed by atoms with Crippen molar-refractivity contribution in [3.05, 3.63) is 23.2 Å². The van der Waals surface area contributed by atoms with Gasteiger partial charge in [0.05, 0.1) is 12.6 Å². The van der Waals surface area contributed by atoms with Crippen molar-refractivity contribution < 1.29 is 19.4 Å². The van der Waals surface area contributed by atoms with Crippen molar-refractivity contribution in [2.75, 3.05) is 13.2 Å². The van der Waals surface area contributed by atoms with Crippen LogP contribution in [0.1, 0.15) is 50.1 Å². The lowest BCUT2D eigenvalue weighted by Crippen LogP contribution is -2.34. The minimum Gasteiger partial charge on any atom is -0.477 e. The van der Waals surface area contributed by atoms with E-state index in [4.69, 9.17) is 16.3 Å². The molecule has 26 heavy (non-hydrogen) atoms. The molecule has 0 aliphatic rings. The summed E-state index contributed by atoms with van der Waals surface area (Å²) in [5, 5.41) is 12.9. The molecule has 0 aliphatic carbocycles. The molecule has 9 heteroatoms. The van der Waals surface area contributed by atoms with Crippen molar-refractivity contribution in [2.45, 2.75) is 39.7 Å². The summed E-state index contributed by atoms with van der Waals surface area (Å²) in [5.41, 5.74) is 0.485. The van der Waals surface area contributed by atoms with E-state index in [9.17, 15) is 14.7 Å². The maximum atomic E-state index is 11.8. The number of carbonyl (C=O) groups is 2. The van der Waals surface area contributed by atoms with Gasteiger partial charge in [-0.15, -0.1) is 0 Å². The van der Waals surface area contributed by atoms with Crippen molar-refractivity contribution in [3.8, 4) is 0 Å². The van der Waals surface area contributed by atoms with Gasteiger partial charge in [0.1, 0.15) is 11.3 Å². The van der Waals surface area contributed by atoms with E-state index in [0.717, 1.165) is 12.8 Å². The molecule has 0 saturated heterocycles. The number of aromatic carboxylic acids is 1. The maximum absolute atomic E-state index is 11.8. The van der Waals surface area contributed by atoms with E-state index in [1.54, 1.807) is 4.57 Å². The molecule has 0 aliphatic heterocycles. The number of hydrogen-bond acceptors (Lipinski definition) is 5. The summed E-state index contributed by atoms with van der Waals surface area (Å²) in [6, 6.07) is 1.16. The van der Waals surface area contributed by atoms with Crippen LogP contribution in [-0.4, -0.2) is 44.9 Å². The van der Waals surface area contributed by atoms with Crippen LogP contribution in [0.3, 0.4) is 0 Å². The summed E-state index contributed by atoms with van der Waals surface area (Å²) in [7, 11) is 0. The van der Waals surface area contributed by atoms with Crippen molar-refractivity contribution in [2.24, 2.45) is 5.92 Å². The first-order chi connectivity index (χ1) is 12.3. The Morgan fingerprint density at radius 2 is 2.15 bits per heavy atom. The van der Waals surface area contributed by atoms with Crippen LogP contribution in [0, 0.1) is 5.92 Å².